The third-order valence-corrected chi connectivity index (χ3v) is 4.42. The summed E-state index contributed by atoms with van der Waals surface area (Å²) in [5.41, 5.74) is 2.45. The van der Waals surface area contributed by atoms with Crippen molar-refractivity contribution < 1.29 is 5.11 Å². The van der Waals surface area contributed by atoms with Gasteiger partial charge in [-0.1, -0.05) is 19.3 Å². The predicted octanol–water partition coefficient (Wildman–Crippen LogP) is 3.44. The molecule has 1 aromatic carbocycles. The van der Waals surface area contributed by atoms with Crippen LogP contribution in [0.5, 0.6) is 0 Å². The minimum absolute atomic E-state index is 0.00712. The predicted molar refractivity (Wildman–Crippen MR) is 80.0 cm³/mol. The normalized spacial score (nSPS) is 23.4. The first-order valence-corrected chi connectivity index (χ1v) is 7.44. The number of imidazole rings is 1. The molecule has 0 spiro atoms. The monoisotopic (exact) mass is 287 g/mol. The van der Waals surface area contributed by atoms with E-state index in [1.807, 2.05) is 16.7 Å². The molecule has 1 fully saturated rings. The fraction of sp³-hybridized carbons (Fsp3) is 0.467. The smallest absolute Gasteiger partial charge is 0.178 e. The van der Waals surface area contributed by atoms with Gasteiger partial charge in [-0.2, -0.15) is 5.26 Å². The standard InChI is InChI=1S/C15H17N3OS/c16-9-10-6-7-11-13(8-10)18(15(20)17-11)12-4-2-1-3-5-14(12)19/h6-8,12,14,19H,1-5H2,(H,17,20). The number of rotatable bonds is 1. The van der Waals surface area contributed by atoms with Crippen molar-refractivity contribution in [3.8, 4) is 6.07 Å². The molecule has 0 radical (unpaired) electrons. The van der Waals surface area contributed by atoms with Gasteiger partial charge in [0.25, 0.3) is 0 Å². The number of aromatic amines is 1. The highest BCUT2D eigenvalue weighted by Crippen LogP contribution is 2.31. The van der Waals surface area contributed by atoms with E-state index in [-0.39, 0.29) is 12.1 Å². The molecular formula is C15H17N3OS. The average molecular weight is 287 g/mol. The molecule has 5 heteroatoms. The van der Waals surface area contributed by atoms with Crippen molar-refractivity contribution in [1.29, 1.82) is 5.26 Å². The fourth-order valence-corrected chi connectivity index (χ4v) is 3.43. The van der Waals surface area contributed by atoms with E-state index < -0.39 is 0 Å². The van der Waals surface area contributed by atoms with Crippen molar-refractivity contribution in [2.45, 2.75) is 44.2 Å². The molecule has 2 unspecified atom stereocenters. The Kier molecular flexibility index (Phi) is 3.60. The van der Waals surface area contributed by atoms with Gasteiger partial charge in [0.1, 0.15) is 0 Å². The SMILES string of the molecule is N#Cc1ccc2[nH]c(=S)n(C3CCCCCC3O)c2c1. The number of H-pyrrole nitrogens is 1. The number of aliphatic hydroxyl groups is 1. The maximum absolute atomic E-state index is 10.4. The molecule has 0 aliphatic heterocycles. The lowest BCUT2D eigenvalue weighted by Crippen LogP contribution is -2.23. The molecule has 0 bridgehead atoms. The van der Waals surface area contributed by atoms with Gasteiger partial charge in [-0.15, -0.1) is 0 Å². The number of hydrogen-bond acceptors (Lipinski definition) is 3. The van der Waals surface area contributed by atoms with Crippen LogP contribution >= 0.6 is 12.2 Å². The Balaban J connectivity index is 2.16. The first-order valence-electron chi connectivity index (χ1n) is 7.03. The molecule has 2 aromatic rings. The van der Waals surface area contributed by atoms with Crippen LogP contribution in [0.2, 0.25) is 0 Å². The summed E-state index contributed by atoms with van der Waals surface area (Å²) in [4.78, 5) is 3.17. The number of benzene rings is 1. The van der Waals surface area contributed by atoms with E-state index in [1.165, 1.54) is 0 Å². The molecule has 2 atom stereocenters. The number of nitrogens with one attached hydrogen (secondary N) is 1. The summed E-state index contributed by atoms with van der Waals surface area (Å²) >= 11 is 5.42. The first kappa shape index (κ1) is 13.3. The van der Waals surface area contributed by atoms with E-state index in [4.69, 9.17) is 17.5 Å². The van der Waals surface area contributed by atoms with Crippen molar-refractivity contribution in [2.24, 2.45) is 0 Å². The topological polar surface area (TPSA) is 64.7 Å². The molecule has 104 valence electrons. The maximum atomic E-state index is 10.4. The highest BCUT2D eigenvalue weighted by atomic mass is 32.1. The Morgan fingerprint density at radius 1 is 1.30 bits per heavy atom. The molecule has 0 saturated heterocycles. The minimum Gasteiger partial charge on any atom is -0.391 e. The van der Waals surface area contributed by atoms with E-state index in [2.05, 4.69) is 11.1 Å². The molecule has 3 rings (SSSR count). The zero-order chi connectivity index (χ0) is 14.1. The van der Waals surface area contributed by atoms with Gasteiger partial charge < -0.3 is 14.7 Å². The number of fused-ring (bicyclic) bond motifs is 1. The lowest BCUT2D eigenvalue weighted by atomic mass is 10.1. The van der Waals surface area contributed by atoms with Gasteiger partial charge in [0.05, 0.1) is 34.8 Å². The van der Waals surface area contributed by atoms with E-state index in [0.29, 0.717) is 10.3 Å². The third-order valence-electron chi connectivity index (χ3n) is 4.12. The van der Waals surface area contributed by atoms with Crippen LogP contribution in [0.1, 0.15) is 43.7 Å². The number of nitrogens with zero attached hydrogens (tertiary/aromatic N) is 2. The van der Waals surface area contributed by atoms with E-state index >= 15 is 0 Å². The van der Waals surface area contributed by atoms with Gasteiger partial charge in [0.15, 0.2) is 4.77 Å². The number of nitriles is 1. The van der Waals surface area contributed by atoms with Crippen LogP contribution in [0.3, 0.4) is 0 Å². The second-order valence-electron chi connectivity index (χ2n) is 5.42. The highest BCUT2D eigenvalue weighted by molar-refractivity contribution is 7.71. The summed E-state index contributed by atoms with van der Waals surface area (Å²) in [6.45, 7) is 0. The second-order valence-corrected chi connectivity index (χ2v) is 5.80. The van der Waals surface area contributed by atoms with Crippen LogP contribution in [0.4, 0.5) is 0 Å². The summed E-state index contributed by atoms with van der Waals surface area (Å²) < 4.78 is 2.63. The molecule has 0 amide bonds. The van der Waals surface area contributed by atoms with Crippen molar-refractivity contribution in [2.75, 3.05) is 0 Å². The van der Waals surface area contributed by atoms with Crippen LogP contribution in [-0.2, 0) is 0 Å². The van der Waals surface area contributed by atoms with Crippen LogP contribution in [0.15, 0.2) is 18.2 Å². The van der Waals surface area contributed by atoms with Crippen molar-refractivity contribution in [1.82, 2.24) is 9.55 Å². The molecule has 1 heterocycles. The Morgan fingerprint density at radius 3 is 2.90 bits per heavy atom. The van der Waals surface area contributed by atoms with Gasteiger partial charge in [-0.3, -0.25) is 0 Å². The Morgan fingerprint density at radius 2 is 2.10 bits per heavy atom. The number of hydrogen-bond donors (Lipinski definition) is 2. The third kappa shape index (κ3) is 2.26. The van der Waals surface area contributed by atoms with Gasteiger partial charge >= 0.3 is 0 Å². The molecule has 20 heavy (non-hydrogen) atoms. The Hall–Kier alpha value is -1.64. The minimum atomic E-state index is -0.367. The van der Waals surface area contributed by atoms with Gasteiger partial charge in [0.2, 0.25) is 0 Å². The lowest BCUT2D eigenvalue weighted by Gasteiger charge is -2.22. The van der Waals surface area contributed by atoms with Crippen LogP contribution in [0.25, 0.3) is 11.0 Å². The fourth-order valence-electron chi connectivity index (χ4n) is 3.09. The van der Waals surface area contributed by atoms with E-state index in [1.54, 1.807) is 6.07 Å². The summed E-state index contributed by atoms with van der Waals surface area (Å²) in [7, 11) is 0. The molecule has 1 saturated carbocycles. The first-order chi connectivity index (χ1) is 9.70. The summed E-state index contributed by atoms with van der Waals surface area (Å²) in [6.07, 6.45) is 4.71. The van der Waals surface area contributed by atoms with Crippen molar-refractivity contribution in [3.05, 3.63) is 28.5 Å². The highest BCUT2D eigenvalue weighted by Gasteiger charge is 2.25. The lowest BCUT2D eigenvalue weighted by molar-refractivity contribution is 0.107. The summed E-state index contributed by atoms with van der Waals surface area (Å²) in [5, 5.41) is 19.4. The average Bonchev–Trinajstić information content (AvgIpc) is 2.62. The molecule has 4 nitrogen and oxygen atoms in total. The number of aromatic nitrogens is 2. The van der Waals surface area contributed by atoms with Crippen LogP contribution in [0, 0.1) is 16.1 Å². The van der Waals surface area contributed by atoms with Crippen LogP contribution < -0.4 is 0 Å². The second kappa shape index (κ2) is 5.39. The van der Waals surface area contributed by atoms with Gasteiger partial charge in [-0.05, 0) is 43.3 Å². The molecule has 1 aromatic heterocycles. The molecule has 1 aliphatic carbocycles. The van der Waals surface area contributed by atoms with Crippen LogP contribution in [-0.4, -0.2) is 20.8 Å². The van der Waals surface area contributed by atoms with Crippen molar-refractivity contribution >= 4 is 23.3 Å². The Bertz CT molecular complexity index is 725. The van der Waals surface area contributed by atoms with Gasteiger partial charge in [0, 0.05) is 0 Å². The molecule has 2 N–H and O–H groups in total. The van der Waals surface area contributed by atoms with Gasteiger partial charge in [-0.25, -0.2) is 0 Å². The van der Waals surface area contributed by atoms with E-state index in [0.717, 1.165) is 43.1 Å². The molecular weight excluding hydrogens is 270 g/mol. The Labute approximate surface area is 122 Å². The quantitative estimate of drug-likeness (QED) is 0.624. The summed E-state index contributed by atoms with van der Waals surface area (Å²) in [6, 6.07) is 7.67. The maximum Gasteiger partial charge on any atom is 0.178 e. The zero-order valence-corrected chi connectivity index (χ0v) is 12.0. The molecule has 1 aliphatic rings. The largest absolute Gasteiger partial charge is 0.391 e. The number of aliphatic hydroxyl groups excluding tert-OH is 1. The van der Waals surface area contributed by atoms with Crippen molar-refractivity contribution in [3.63, 3.8) is 0 Å². The van der Waals surface area contributed by atoms with E-state index in [9.17, 15) is 5.11 Å². The zero-order valence-electron chi connectivity index (χ0n) is 11.2. The summed E-state index contributed by atoms with van der Waals surface area (Å²) in [5.74, 6) is 0.